The standard InChI is InChI=1S/C12H16Cl2/c1-4-8-12(2,3)11-9(13)6-5-7-10(11)14/h5-7H,4,8H2,1-3H3. The molecule has 1 aromatic rings. The summed E-state index contributed by atoms with van der Waals surface area (Å²) in [4.78, 5) is 0. The molecule has 78 valence electrons. The molecule has 1 aromatic carbocycles. The molecular formula is C12H16Cl2. The second kappa shape index (κ2) is 4.55. The number of rotatable bonds is 3. The molecule has 0 aliphatic heterocycles. The number of hydrogen-bond acceptors (Lipinski definition) is 0. The molecule has 0 radical (unpaired) electrons. The van der Waals surface area contributed by atoms with Crippen molar-refractivity contribution in [2.75, 3.05) is 0 Å². The van der Waals surface area contributed by atoms with Crippen molar-refractivity contribution < 1.29 is 0 Å². The first-order valence-electron chi connectivity index (χ1n) is 4.93. The van der Waals surface area contributed by atoms with E-state index in [2.05, 4.69) is 20.8 Å². The van der Waals surface area contributed by atoms with Gasteiger partial charge in [0.2, 0.25) is 0 Å². The van der Waals surface area contributed by atoms with Crippen LogP contribution in [0.2, 0.25) is 10.0 Å². The minimum atomic E-state index is 0.0597. The van der Waals surface area contributed by atoms with Crippen molar-refractivity contribution in [1.82, 2.24) is 0 Å². The van der Waals surface area contributed by atoms with Gasteiger partial charge in [0, 0.05) is 10.0 Å². The smallest absolute Gasteiger partial charge is 0.0458 e. The second-order valence-corrected chi connectivity index (χ2v) is 5.04. The maximum absolute atomic E-state index is 6.17. The number of halogens is 2. The summed E-state index contributed by atoms with van der Waals surface area (Å²) >= 11 is 12.3. The van der Waals surface area contributed by atoms with Crippen molar-refractivity contribution in [2.24, 2.45) is 0 Å². The molecule has 0 amide bonds. The van der Waals surface area contributed by atoms with Gasteiger partial charge in [-0.25, -0.2) is 0 Å². The number of benzene rings is 1. The summed E-state index contributed by atoms with van der Waals surface area (Å²) < 4.78 is 0. The summed E-state index contributed by atoms with van der Waals surface area (Å²) in [6, 6.07) is 5.69. The Balaban J connectivity index is 3.17. The molecule has 0 spiro atoms. The Morgan fingerprint density at radius 3 is 2.07 bits per heavy atom. The maximum Gasteiger partial charge on any atom is 0.0458 e. The molecule has 0 saturated carbocycles. The van der Waals surface area contributed by atoms with Gasteiger partial charge < -0.3 is 0 Å². The summed E-state index contributed by atoms with van der Waals surface area (Å²) in [5.41, 5.74) is 1.13. The Bertz CT molecular complexity index is 296. The Morgan fingerprint density at radius 2 is 1.64 bits per heavy atom. The van der Waals surface area contributed by atoms with E-state index in [9.17, 15) is 0 Å². The Morgan fingerprint density at radius 1 is 1.14 bits per heavy atom. The zero-order valence-corrected chi connectivity index (χ0v) is 10.4. The molecule has 0 aliphatic rings. The third-order valence-corrected chi connectivity index (χ3v) is 3.14. The highest BCUT2D eigenvalue weighted by Gasteiger charge is 2.24. The first-order valence-corrected chi connectivity index (χ1v) is 5.69. The molecular weight excluding hydrogens is 215 g/mol. The fourth-order valence-corrected chi connectivity index (χ4v) is 2.80. The quantitative estimate of drug-likeness (QED) is 0.681. The lowest BCUT2D eigenvalue weighted by atomic mass is 9.80. The molecule has 0 fully saturated rings. The molecule has 2 heteroatoms. The highest BCUT2D eigenvalue weighted by Crippen LogP contribution is 2.38. The highest BCUT2D eigenvalue weighted by atomic mass is 35.5. The summed E-state index contributed by atoms with van der Waals surface area (Å²) in [6.45, 7) is 6.54. The van der Waals surface area contributed by atoms with Crippen LogP contribution in [0.5, 0.6) is 0 Å². The van der Waals surface area contributed by atoms with Crippen molar-refractivity contribution in [1.29, 1.82) is 0 Å². The lowest BCUT2D eigenvalue weighted by Gasteiger charge is -2.26. The summed E-state index contributed by atoms with van der Waals surface area (Å²) in [5.74, 6) is 0. The van der Waals surface area contributed by atoms with Gasteiger partial charge in [-0.05, 0) is 29.5 Å². The normalized spacial score (nSPS) is 11.8. The van der Waals surface area contributed by atoms with Crippen LogP contribution in [0, 0.1) is 0 Å². The van der Waals surface area contributed by atoms with Crippen molar-refractivity contribution in [3.05, 3.63) is 33.8 Å². The maximum atomic E-state index is 6.17. The Kier molecular flexibility index (Phi) is 3.86. The van der Waals surface area contributed by atoms with Crippen molar-refractivity contribution in [3.63, 3.8) is 0 Å². The first-order chi connectivity index (χ1) is 6.49. The second-order valence-electron chi connectivity index (χ2n) is 4.23. The molecule has 0 saturated heterocycles. The van der Waals surface area contributed by atoms with E-state index >= 15 is 0 Å². The molecule has 14 heavy (non-hydrogen) atoms. The van der Waals surface area contributed by atoms with Gasteiger partial charge in [-0.1, -0.05) is 56.5 Å². The molecule has 0 bridgehead atoms. The zero-order valence-electron chi connectivity index (χ0n) is 8.90. The van der Waals surface area contributed by atoms with Gasteiger partial charge in [-0.3, -0.25) is 0 Å². The van der Waals surface area contributed by atoms with Crippen LogP contribution in [0.15, 0.2) is 18.2 Å². The van der Waals surface area contributed by atoms with E-state index in [4.69, 9.17) is 23.2 Å². The first kappa shape index (κ1) is 11.9. The predicted octanol–water partition coefficient (Wildman–Crippen LogP) is 5.07. The van der Waals surface area contributed by atoms with E-state index in [1.54, 1.807) is 0 Å². The van der Waals surface area contributed by atoms with Crippen LogP contribution in [0.3, 0.4) is 0 Å². The topological polar surface area (TPSA) is 0 Å². The Hall–Kier alpha value is -0.200. The van der Waals surface area contributed by atoms with E-state index in [-0.39, 0.29) is 5.41 Å². The summed E-state index contributed by atoms with van der Waals surface area (Å²) in [5, 5.41) is 1.55. The molecule has 0 aliphatic carbocycles. The average Bonchev–Trinajstić information content (AvgIpc) is 2.02. The van der Waals surface area contributed by atoms with Crippen LogP contribution in [-0.2, 0) is 5.41 Å². The monoisotopic (exact) mass is 230 g/mol. The van der Waals surface area contributed by atoms with E-state index < -0.39 is 0 Å². The molecule has 0 unspecified atom stereocenters. The summed E-state index contributed by atoms with van der Waals surface area (Å²) in [6.07, 6.45) is 2.23. The van der Waals surface area contributed by atoms with Crippen LogP contribution in [0.25, 0.3) is 0 Å². The lowest BCUT2D eigenvalue weighted by molar-refractivity contribution is 0.473. The van der Waals surface area contributed by atoms with E-state index in [0.29, 0.717) is 0 Å². The zero-order chi connectivity index (χ0) is 10.8. The van der Waals surface area contributed by atoms with Gasteiger partial charge in [-0.2, -0.15) is 0 Å². The van der Waals surface area contributed by atoms with Crippen molar-refractivity contribution in [3.8, 4) is 0 Å². The SMILES string of the molecule is CCCC(C)(C)c1c(Cl)cccc1Cl. The third kappa shape index (κ3) is 2.43. The molecule has 1 rings (SSSR count). The number of hydrogen-bond donors (Lipinski definition) is 0. The average molecular weight is 231 g/mol. The van der Waals surface area contributed by atoms with Gasteiger partial charge in [0.1, 0.15) is 0 Å². The van der Waals surface area contributed by atoms with E-state index in [1.165, 1.54) is 0 Å². The Labute approximate surface area is 96.2 Å². The largest absolute Gasteiger partial charge is 0.0840 e. The van der Waals surface area contributed by atoms with E-state index in [0.717, 1.165) is 28.5 Å². The van der Waals surface area contributed by atoms with Gasteiger partial charge in [-0.15, -0.1) is 0 Å². The van der Waals surface area contributed by atoms with Crippen LogP contribution in [0.1, 0.15) is 39.2 Å². The summed E-state index contributed by atoms with van der Waals surface area (Å²) in [7, 11) is 0. The van der Waals surface area contributed by atoms with Crippen molar-refractivity contribution >= 4 is 23.2 Å². The van der Waals surface area contributed by atoms with Gasteiger partial charge in [0.15, 0.2) is 0 Å². The van der Waals surface area contributed by atoms with Gasteiger partial charge >= 0.3 is 0 Å². The van der Waals surface area contributed by atoms with E-state index in [1.807, 2.05) is 18.2 Å². The fraction of sp³-hybridized carbons (Fsp3) is 0.500. The molecule has 0 N–H and O–H groups in total. The predicted molar refractivity (Wildman–Crippen MR) is 64.4 cm³/mol. The highest BCUT2D eigenvalue weighted by molar-refractivity contribution is 6.36. The van der Waals surface area contributed by atoms with Gasteiger partial charge in [0.05, 0.1) is 0 Å². The van der Waals surface area contributed by atoms with Gasteiger partial charge in [0.25, 0.3) is 0 Å². The molecule has 0 heterocycles. The fourth-order valence-electron chi connectivity index (χ4n) is 1.89. The van der Waals surface area contributed by atoms with Crippen molar-refractivity contribution in [2.45, 2.75) is 39.0 Å². The molecule has 0 aromatic heterocycles. The molecule has 0 nitrogen and oxygen atoms in total. The minimum absolute atomic E-state index is 0.0597. The van der Waals surface area contributed by atoms with Crippen LogP contribution in [0.4, 0.5) is 0 Å². The van der Waals surface area contributed by atoms with Crippen LogP contribution in [-0.4, -0.2) is 0 Å². The minimum Gasteiger partial charge on any atom is -0.0840 e. The van der Waals surface area contributed by atoms with Crippen LogP contribution >= 0.6 is 23.2 Å². The third-order valence-electron chi connectivity index (χ3n) is 2.51. The molecule has 0 atom stereocenters. The lowest BCUT2D eigenvalue weighted by Crippen LogP contribution is -2.17. The van der Waals surface area contributed by atoms with Crippen LogP contribution < -0.4 is 0 Å².